The molecule has 0 fully saturated rings. The number of nitrogens with zero attached hydrogens (tertiary/aromatic N) is 3. The number of hydrogen-bond donors (Lipinski definition) is 4. The molecule has 1 aromatic carbocycles. The molecule has 2 aromatic heterocycles. The molecule has 11 heteroatoms. The van der Waals surface area contributed by atoms with E-state index in [1.807, 2.05) is 0 Å². The van der Waals surface area contributed by atoms with Gasteiger partial charge in [0.15, 0.2) is 11.5 Å². The number of hydrazone groups is 1. The van der Waals surface area contributed by atoms with Gasteiger partial charge in [0.25, 0.3) is 0 Å². The van der Waals surface area contributed by atoms with Gasteiger partial charge >= 0.3 is 0 Å². The van der Waals surface area contributed by atoms with Crippen molar-refractivity contribution in [1.29, 1.82) is 0 Å². The number of rotatable bonds is 6. The summed E-state index contributed by atoms with van der Waals surface area (Å²) < 4.78 is 37.2. The second kappa shape index (κ2) is 7.70. The molecule has 1 unspecified atom stereocenters. The highest BCUT2D eigenvalue weighted by atomic mass is 79.9. The maximum atomic E-state index is 15.2. The lowest BCUT2D eigenvalue weighted by Gasteiger charge is -2.16. The van der Waals surface area contributed by atoms with Crippen molar-refractivity contribution in [1.82, 2.24) is 20.1 Å². The first-order chi connectivity index (χ1) is 13.6. The molecule has 0 spiro atoms. The van der Waals surface area contributed by atoms with Crippen LogP contribution in [-0.4, -0.2) is 34.7 Å². The van der Waals surface area contributed by atoms with Gasteiger partial charge in [0, 0.05) is 36.2 Å². The number of nitrogens with two attached hydrogens (primary N) is 1. The standard InChI is InChI=1S/C17H16BrF2N7O/c18-9-1-2-12(11(19)7-9)24-14-10(8-27-6-5-22-15(27)13(14)20)16-25-26-17(28-16)23-4-3-21/h1-2,5-8,17,23-24,26H,3-4,21H2. The first-order valence-electron chi connectivity index (χ1n) is 8.37. The number of fused-ring (bicyclic) bond motifs is 1. The number of aromatic nitrogens is 2. The number of imidazole rings is 1. The molecule has 3 aromatic rings. The van der Waals surface area contributed by atoms with E-state index in [0.29, 0.717) is 23.1 Å². The average molecular weight is 452 g/mol. The van der Waals surface area contributed by atoms with E-state index >= 15 is 4.39 Å². The minimum atomic E-state index is -0.658. The van der Waals surface area contributed by atoms with Crippen LogP contribution in [0.5, 0.6) is 0 Å². The van der Waals surface area contributed by atoms with Gasteiger partial charge in [0.2, 0.25) is 12.2 Å². The largest absolute Gasteiger partial charge is 0.437 e. The molecule has 1 aliphatic rings. The minimum absolute atomic E-state index is 0.0000488. The van der Waals surface area contributed by atoms with E-state index in [-0.39, 0.29) is 22.9 Å². The van der Waals surface area contributed by atoms with Crippen LogP contribution >= 0.6 is 15.9 Å². The van der Waals surface area contributed by atoms with Crippen LogP contribution < -0.4 is 21.8 Å². The topological polar surface area (TPSA) is 101 Å². The molecular weight excluding hydrogens is 436 g/mol. The first kappa shape index (κ1) is 18.6. The molecule has 3 heterocycles. The smallest absolute Gasteiger partial charge is 0.244 e. The van der Waals surface area contributed by atoms with Crippen LogP contribution in [0, 0.1) is 11.6 Å². The van der Waals surface area contributed by atoms with E-state index in [0.717, 1.165) is 0 Å². The lowest BCUT2D eigenvalue weighted by atomic mass is 10.2. The van der Waals surface area contributed by atoms with Crippen LogP contribution in [0.1, 0.15) is 5.56 Å². The fourth-order valence-electron chi connectivity index (χ4n) is 2.74. The van der Waals surface area contributed by atoms with Gasteiger partial charge in [-0.1, -0.05) is 15.9 Å². The van der Waals surface area contributed by atoms with E-state index in [4.69, 9.17) is 10.5 Å². The zero-order valence-electron chi connectivity index (χ0n) is 14.4. The van der Waals surface area contributed by atoms with E-state index < -0.39 is 18.0 Å². The van der Waals surface area contributed by atoms with E-state index in [1.54, 1.807) is 18.5 Å². The monoisotopic (exact) mass is 451 g/mol. The van der Waals surface area contributed by atoms with Gasteiger partial charge in [-0.15, -0.1) is 5.10 Å². The van der Waals surface area contributed by atoms with Crippen molar-refractivity contribution in [3.63, 3.8) is 0 Å². The van der Waals surface area contributed by atoms with Crippen molar-refractivity contribution in [2.75, 3.05) is 18.4 Å². The molecule has 4 rings (SSSR count). The Morgan fingerprint density at radius 3 is 3.00 bits per heavy atom. The second-order valence-corrected chi connectivity index (χ2v) is 6.84. The van der Waals surface area contributed by atoms with Gasteiger partial charge in [0.05, 0.1) is 16.9 Å². The van der Waals surface area contributed by atoms with Crippen LogP contribution in [0.3, 0.4) is 0 Å². The van der Waals surface area contributed by atoms with E-state index in [2.05, 4.69) is 42.1 Å². The van der Waals surface area contributed by atoms with Gasteiger partial charge in [-0.05, 0) is 18.2 Å². The molecule has 0 aliphatic carbocycles. The number of pyridine rings is 1. The Hall–Kier alpha value is -2.76. The first-order valence-corrected chi connectivity index (χ1v) is 9.17. The maximum absolute atomic E-state index is 15.2. The van der Waals surface area contributed by atoms with Gasteiger partial charge in [-0.3, -0.25) is 10.7 Å². The van der Waals surface area contributed by atoms with Crippen LogP contribution in [0.2, 0.25) is 0 Å². The Kier molecular flexibility index (Phi) is 5.11. The molecule has 0 amide bonds. The van der Waals surface area contributed by atoms with Crippen LogP contribution in [0.4, 0.5) is 20.2 Å². The van der Waals surface area contributed by atoms with Crippen LogP contribution in [-0.2, 0) is 4.74 Å². The second-order valence-electron chi connectivity index (χ2n) is 5.93. The van der Waals surface area contributed by atoms with Gasteiger partial charge in [-0.2, -0.15) is 0 Å². The summed E-state index contributed by atoms with van der Waals surface area (Å²) in [4.78, 5) is 4.00. The fourth-order valence-corrected chi connectivity index (χ4v) is 3.07. The van der Waals surface area contributed by atoms with Gasteiger partial charge in [0.1, 0.15) is 5.82 Å². The Balaban J connectivity index is 1.74. The predicted octanol–water partition coefficient (Wildman–Crippen LogP) is 2.23. The quantitative estimate of drug-likeness (QED) is 0.458. The summed E-state index contributed by atoms with van der Waals surface area (Å²) in [5.74, 6) is -1.06. The van der Waals surface area contributed by atoms with Crippen molar-refractivity contribution in [3.05, 3.63) is 58.5 Å². The molecule has 5 N–H and O–H groups in total. The lowest BCUT2D eigenvalue weighted by molar-refractivity contribution is 0.150. The number of benzene rings is 1. The minimum Gasteiger partial charge on any atom is -0.437 e. The SMILES string of the molecule is NCCNC1NN=C(c2cn3ccnc3c(F)c2Nc2ccc(Br)cc2F)O1. The zero-order valence-corrected chi connectivity index (χ0v) is 16.0. The molecular formula is C17H16BrF2N7O. The maximum Gasteiger partial charge on any atom is 0.244 e. The van der Waals surface area contributed by atoms with E-state index in [1.165, 1.54) is 22.7 Å². The lowest BCUT2D eigenvalue weighted by Crippen LogP contribution is -2.41. The summed E-state index contributed by atoms with van der Waals surface area (Å²) in [6.07, 6.45) is 4.07. The third-order valence-electron chi connectivity index (χ3n) is 4.03. The van der Waals surface area contributed by atoms with Crippen molar-refractivity contribution in [2.24, 2.45) is 10.8 Å². The summed E-state index contributed by atoms with van der Waals surface area (Å²) in [6, 6.07) is 4.43. The van der Waals surface area contributed by atoms with Crippen molar-refractivity contribution >= 4 is 38.8 Å². The molecule has 1 atom stereocenters. The molecule has 0 bridgehead atoms. The molecule has 0 saturated heterocycles. The Morgan fingerprint density at radius 2 is 2.21 bits per heavy atom. The Morgan fingerprint density at radius 1 is 1.36 bits per heavy atom. The van der Waals surface area contributed by atoms with Crippen molar-refractivity contribution in [3.8, 4) is 0 Å². The van der Waals surface area contributed by atoms with Crippen molar-refractivity contribution in [2.45, 2.75) is 6.35 Å². The highest BCUT2D eigenvalue weighted by Gasteiger charge is 2.26. The summed E-state index contributed by atoms with van der Waals surface area (Å²) in [5.41, 5.74) is 8.71. The number of ether oxygens (including phenoxy) is 1. The highest BCUT2D eigenvalue weighted by Crippen LogP contribution is 2.30. The Bertz CT molecular complexity index is 1060. The fraction of sp³-hybridized carbons (Fsp3) is 0.176. The third-order valence-corrected chi connectivity index (χ3v) is 4.52. The number of halogens is 3. The van der Waals surface area contributed by atoms with Gasteiger partial charge < -0.3 is 20.2 Å². The summed E-state index contributed by atoms with van der Waals surface area (Å²) in [5, 5.41) is 9.90. The molecule has 0 radical (unpaired) electrons. The molecule has 0 saturated carbocycles. The molecule has 8 nitrogen and oxygen atoms in total. The normalized spacial score (nSPS) is 16.0. The van der Waals surface area contributed by atoms with Crippen molar-refractivity contribution < 1.29 is 13.5 Å². The molecule has 1 aliphatic heterocycles. The predicted molar refractivity (Wildman–Crippen MR) is 104 cm³/mol. The van der Waals surface area contributed by atoms with Crippen LogP contribution in [0.25, 0.3) is 5.65 Å². The summed E-state index contributed by atoms with van der Waals surface area (Å²) in [7, 11) is 0. The highest BCUT2D eigenvalue weighted by molar-refractivity contribution is 9.10. The van der Waals surface area contributed by atoms with Crippen LogP contribution in [0.15, 0.2) is 46.4 Å². The molecule has 146 valence electrons. The number of anilines is 2. The Labute approximate surface area is 166 Å². The average Bonchev–Trinajstić information content (AvgIpc) is 3.33. The number of hydrogen-bond acceptors (Lipinski definition) is 7. The van der Waals surface area contributed by atoms with E-state index in [9.17, 15) is 4.39 Å². The zero-order chi connectivity index (χ0) is 19.7. The van der Waals surface area contributed by atoms with Gasteiger partial charge in [-0.25, -0.2) is 13.8 Å². The third kappa shape index (κ3) is 3.51. The molecule has 28 heavy (non-hydrogen) atoms. The summed E-state index contributed by atoms with van der Waals surface area (Å²) >= 11 is 3.20. The summed E-state index contributed by atoms with van der Waals surface area (Å²) in [6.45, 7) is 0.923. The number of nitrogens with one attached hydrogen (secondary N) is 3.